The smallest absolute Gasteiger partial charge is 0.478 e. The van der Waals surface area contributed by atoms with Crippen LogP contribution in [0.5, 0.6) is 0 Å². The summed E-state index contributed by atoms with van der Waals surface area (Å²) in [6.07, 6.45) is -4.24. The number of hydrogen-bond acceptors (Lipinski definition) is 5. The molecule has 0 radical (unpaired) electrons. The molecule has 1 saturated heterocycles. The van der Waals surface area contributed by atoms with E-state index in [2.05, 4.69) is 15.1 Å². The van der Waals surface area contributed by atoms with E-state index in [0.717, 1.165) is 55.0 Å². The summed E-state index contributed by atoms with van der Waals surface area (Å²) in [7, 11) is 0. The Balaban J connectivity index is 0.000000638. The van der Waals surface area contributed by atoms with E-state index in [1.807, 2.05) is 31.2 Å². The number of nitrogens with zero attached hydrogens (tertiary/aromatic N) is 3. The summed E-state index contributed by atoms with van der Waals surface area (Å²) in [5.41, 5.74) is 2.12. The van der Waals surface area contributed by atoms with Crippen molar-refractivity contribution < 1.29 is 37.7 Å². The average Bonchev–Trinajstić information content (AvgIpc) is 2.88. The minimum absolute atomic E-state index is 0.258. The number of piperazine rings is 1. The largest absolute Gasteiger partial charge is 0.490 e. The lowest BCUT2D eigenvalue weighted by Crippen LogP contribution is -2.50. The van der Waals surface area contributed by atoms with Crippen molar-refractivity contribution in [2.45, 2.75) is 19.5 Å². The number of aromatic carboxylic acids is 1. The van der Waals surface area contributed by atoms with Crippen molar-refractivity contribution in [2.24, 2.45) is 4.99 Å². The van der Waals surface area contributed by atoms with E-state index < -0.39 is 18.1 Å². The number of carbonyl (C=O) groups is 2. The lowest BCUT2D eigenvalue weighted by atomic mass is 10.2. The average molecular weight is 559 g/mol. The molecular weight excluding hydrogens is 529 g/mol. The molecule has 13 heteroatoms. The number of nitrogens with one attached hydrogen (secondary N) is 1. The summed E-state index contributed by atoms with van der Waals surface area (Å²) < 4.78 is 37.1. The van der Waals surface area contributed by atoms with Gasteiger partial charge >= 0.3 is 18.1 Å². The first-order valence-electron chi connectivity index (χ1n) is 11.8. The van der Waals surface area contributed by atoms with Crippen LogP contribution in [0, 0.1) is 0 Å². The Morgan fingerprint density at radius 1 is 1.05 bits per heavy atom. The summed E-state index contributed by atoms with van der Waals surface area (Å²) in [6.45, 7) is 7.29. The van der Waals surface area contributed by atoms with Gasteiger partial charge < -0.3 is 30.1 Å². The maximum Gasteiger partial charge on any atom is 0.490 e. The summed E-state index contributed by atoms with van der Waals surface area (Å²) in [6, 6.07) is 14.6. The number of para-hydroxylation sites is 1. The SMILES string of the molecule is CCOCCCN=C(Nc1ccc(C(=O)O)cc1)N1CCN(c2ccccc2Cl)CC1.O=C(O)C(F)(F)F. The molecule has 3 N–H and O–H groups in total. The first-order chi connectivity index (χ1) is 18.0. The molecule has 1 aliphatic heterocycles. The second-order valence-electron chi connectivity index (χ2n) is 7.99. The van der Waals surface area contributed by atoms with Crippen LogP contribution >= 0.6 is 11.6 Å². The van der Waals surface area contributed by atoms with Crippen molar-refractivity contribution >= 4 is 40.9 Å². The van der Waals surface area contributed by atoms with E-state index >= 15 is 0 Å². The third-order valence-corrected chi connectivity index (χ3v) is 5.63. The molecule has 208 valence electrons. The Hall–Kier alpha value is -3.51. The number of alkyl halides is 3. The number of anilines is 2. The van der Waals surface area contributed by atoms with Crippen LogP contribution in [-0.4, -0.2) is 85.1 Å². The van der Waals surface area contributed by atoms with Crippen molar-refractivity contribution in [3.8, 4) is 0 Å². The van der Waals surface area contributed by atoms with Crippen LogP contribution in [0.2, 0.25) is 5.02 Å². The molecule has 1 fully saturated rings. The number of rotatable bonds is 8. The molecule has 0 aromatic heterocycles. The third kappa shape index (κ3) is 10.1. The van der Waals surface area contributed by atoms with Gasteiger partial charge in [0.1, 0.15) is 0 Å². The van der Waals surface area contributed by atoms with E-state index in [1.54, 1.807) is 24.3 Å². The summed E-state index contributed by atoms with van der Waals surface area (Å²) in [4.78, 5) is 29.3. The molecule has 1 aliphatic rings. The lowest BCUT2D eigenvalue weighted by Gasteiger charge is -2.38. The monoisotopic (exact) mass is 558 g/mol. The van der Waals surface area contributed by atoms with Crippen molar-refractivity contribution in [3.63, 3.8) is 0 Å². The molecule has 0 spiro atoms. The van der Waals surface area contributed by atoms with Gasteiger partial charge in [-0.25, -0.2) is 9.59 Å². The van der Waals surface area contributed by atoms with Crippen LogP contribution in [0.4, 0.5) is 24.5 Å². The number of hydrogen-bond donors (Lipinski definition) is 3. The molecule has 9 nitrogen and oxygen atoms in total. The summed E-state index contributed by atoms with van der Waals surface area (Å²) >= 11 is 6.36. The van der Waals surface area contributed by atoms with Crippen LogP contribution in [0.15, 0.2) is 53.5 Å². The zero-order valence-corrected chi connectivity index (χ0v) is 21.5. The molecule has 3 rings (SSSR count). The van der Waals surface area contributed by atoms with Crippen LogP contribution < -0.4 is 10.2 Å². The molecule has 38 heavy (non-hydrogen) atoms. The standard InChI is InChI=1S/C23H29ClN4O3.C2HF3O2/c1-2-31-17-5-12-25-23(26-19-10-8-18(9-11-19)22(29)30)28-15-13-27(14-16-28)21-7-4-3-6-20(21)24;3-2(4,5)1(6)7/h3-4,6-11H,2,5,12-17H2,1H3,(H,25,26)(H,29,30);(H,6,7). The summed E-state index contributed by atoms with van der Waals surface area (Å²) in [5, 5.41) is 20.4. The van der Waals surface area contributed by atoms with Crippen molar-refractivity contribution in [2.75, 3.05) is 56.2 Å². The normalized spacial score (nSPS) is 14.0. The predicted molar refractivity (Wildman–Crippen MR) is 139 cm³/mol. The van der Waals surface area contributed by atoms with Gasteiger partial charge in [-0.1, -0.05) is 23.7 Å². The highest BCUT2D eigenvalue weighted by atomic mass is 35.5. The van der Waals surface area contributed by atoms with Gasteiger partial charge in [-0.15, -0.1) is 0 Å². The maximum atomic E-state index is 11.1. The lowest BCUT2D eigenvalue weighted by molar-refractivity contribution is -0.192. The van der Waals surface area contributed by atoms with Gasteiger partial charge in [-0.05, 0) is 49.7 Å². The van der Waals surface area contributed by atoms with Gasteiger partial charge in [0.15, 0.2) is 5.96 Å². The fourth-order valence-corrected chi connectivity index (χ4v) is 3.66. The van der Waals surface area contributed by atoms with Crippen LogP contribution in [-0.2, 0) is 9.53 Å². The van der Waals surface area contributed by atoms with Gasteiger partial charge in [-0.2, -0.15) is 13.2 Å². The third-order valence-electron chi connectivity index (χ3n) is 5.32. The highest BCUT2D eigenvalue weighted by Crippen LogP contribution is 2.26. The fourth-order valence-electron chi connectivity index (χ4n) is 3.41. The highest BCUT2D eigenvalue weighted by molar-refractivity contribution is 6.33. The Morgan fingerprint density at radius 3 is 2.18 bits per heavy atom. The molecule has 0 amide bonds. The van der Waals surface area contributed by atoms with Crippen LogP contribution in [0.3, 0.4) is 0 Å². The second kappa shape index (κ2) is 15.0. The minimum Gasteiger partial charge on any atom is -0.478 e. The summed E-state index contributed by atoms with van der Waals surface area (Å²) in [5.74, 6) is -2.90. The maximum absolute atomic E-state index is 11.1. The van der Waals surface area contributed by atoms with Crippen LogP contribution in [0.1, 0.15) is 23.7 Å². The first-order valence-corrected chi connectivity index (χ1v) is 12.2. The van der Waals surface area contributed by atoms with Gasteiger partial charge in [0.05, 0.1) is 16.3 Å². The van der Waals surface area contributed by atoms with E-state index in [4.69, 9.17) is 36.3 Å². The molecule has 0 atom stereocenters. The molecule has 2 aromatic rings. The van der Waals surface area contributed by atoms with Crippen LogP contribution in [0.25, 0.3) is 0 Å². The van der Waals surface area contributed by atoms with E-state index in [0.29, 0.717) is 19.8 Å². The number of halogens is 4. The minimum atomic E-state index is -5.08. The van der Waals surface area contributed by atoms with Gasteiger partial charge in [0.25, 0.3) is 0 Å². The number of carboxylic acid groups (broad SMARTS) is 2. The van der Waals surface area contributed by atoms with Crippen molar-refractivity contribution in [1.29, 1.82) is 0 Å². The molecule has 2 aromatic carbocycles. The topological polar surface area (TPSA) is 115 Å². The fraction of sp³-hybridized carbons (Fsp3) is 0.400. The number of guanidine groups is 1. The number of carboxylic acids is 2. The number of ether oxygens (including phenoxy) is 1. The second-order valence-corrected chi connectivity index (χ2v) is 8.40. The number of aliphatic carboxylic acids is 1. The van der Waals surface area contributed by atoms with Gasteiger partial charge in [0, 0.05) is 51.6 Å². The Kier molecular flexibility index (Phi) is 12.2. The molecule has 0 aliphatic carbocycles. The first kappa shape index (κ1) is 30.7. The van der Waals surface area contributed by atoms with Gasteiger partial charge in [-0.3, -0.25) is 4.99 Å². The Bertz CT molecular complexity index is 1080. The highest BCUT2D eigenvalue weighted by Gasteiger charge is 2.38. The van der Waals surface area contributed by atoms with Crippen molar-refractivity contribution in [1.82, 2.24) is 4.90 Å². The predicted octanol–water partition coefficient (Wildman–Crippen LogP) is 4.69. The van der Waals surface area contributed by atoms with Gasteiger partial charge in [0.2, 0.25) is 0 Å². The number of aliphatic imine (C=N–C) groups is 1. The Labute approximate surface area is 223 Å². The number of benzene rings is 2. The van der Waals surface area contributed by atoms with E-state index in [9.17, 15) is 18.0 Å². The zero-order chi connectivity index (χ0) is 28.1. The molecule has 1 heterocycles. The van der Waals surface area contributed by atoms with E-state index in [-0.39, 0.29) is 5.56 Å². The molecule has 0 unspecified atom stereocenters. The van der Waals surface area contributed by atoms with E-state index in [1.165, 1.54) is 0 Å². The zero-order valence-electron chi connectivity index (χ0n) is 20.7. The quantitative estimate of drug-likeness (QED) is 0.243. The van der Waals surface area contributed by atoms with Crippen molar-refractivity contribution in [3.05, 3.63) is 59.1 Å². The molecular formula is C25H30ClF3N4O5. The molecule has 0 saturated carbocycles. The Morgan fingerprint density at radius 2 is 1.66 bits per heavy atom. The molecule has 0 bridgehead atoms.